The van der Waals surface area contributed by atoms with Crippen LogP contribution in [0, 0.1) is 11.7 Å². The minimum atomic E-state index is -3.43. The monoisotopic (exact) mass is 422 g/mol. The van der Waals surface area contributed by atoms with Gasteiger partial charge in [-0.05, 0) is 42.2 Å². The molecule has 8 heteroatoms. The van der Waals surface area contributed by atoms with Gasteiger partial charge in [-0.3, -0.25) is 4.79 Å². The minimum absolute atomic E-state index is 0.153. The second-order valence-corrected chi connectivity index (χ2v) is 8.94. The maximum atomic E-state index is 13.5. The van der Waals surface area contributed by atoms with E-state index < -0.39 is 15.8 Å². The summed E-state index contributed by atoms with van der Waals surface area (Å²) in [5.41, 5.74) is 1.11. The van der Waals surface area contributed by atoms with Crippen molar-refractivity contribution in [3.63, 3.8) is 0 Å². The first-order chi connectivity index (χ1) is 13.7. The molecule has 2 aromatic carbocycles. The summed E-state index contributed by atoms with van der Waals surface area (Å²) in [6.45, 7) is 4.46. The molecule has 0 aliphatic heterocycles. The highest BCUT2D eigenvalue weighted by atomic mass is 32.2. The lowest BCUT2D eigenvalue weighted by atomic mass is 10.2. The Labute approximate surface area is 171 Å². The highest BCUT2D eigenvalue weighted by Crippen LogP contribution is 2.16. The fraction of sp³-hybridized carbons (Fsp3) is 0.381. The van der Waals surface area contributed by atoms with Crippen LogP contribution in [-0.4, -0.2) is 27.5 Å². The van der Waals surface area contributed by atoms with Crippen molar-refractivity contribution in [3.8, 4) is 5.75 Å². The zero-order valence-corrected chi connectivity index (χ0v) is 17.5. The van der Waals surface area contributed by atoms with E-state index in [-0.39, 0.29) is 36.4 Å². The molecule has 158 valence electrons. The SMILES string of the molecule is CC(C)CNS(=O)(=O)Cc1cccc(NC(=O)CCCOc2ccccc2F)c1. The quantitative estimate of drug-likeness (QED) is 0.541. The third-order valence-electron chi connectivity index (χ3n) is 3.92. The Morgan fingerprint density at radius 2 is 1.90 bits per heavy atom. The molecule has 0 saturated carbocycles. The molecule has 0 spiro atoms. The molecule has 0 unspecified atom stereocenters. The van der Waals surface area contributed by atoms with Crippen molar-refractivity contribution in [1.29, 1.82) is 0 Å². The van der Waals surface area contributed by atoms with Gasteiger partial charge in [-0.25, -0.2) is 17.5 Å². The average molecular weight is 423 g/mol. The van der Waals surface area contributed by atoms with E-state index in [0.717, 1.165) is 0 Å². The summed E-state index contributed by atoms with van der Waals surface area (Å²) in [4.78, 5) is 12.1. The summed E-state index contributed by atoms with van der Waals surface area (Å²) < 4.78 is 45.6. The Hall–Kier alpha value is -2.45. The van der Waals surface area contributed by atoms with Crippen LogP contribution in [0.3, 0.4) is 0 Å². The molecule has 2 rings (SSSR count). The molecule has 0 saturated heterocycles. The molecular formula is C21H27FN2O4S. The van der Waals surface area contributed by atoms with E-state index in [9.17, 15) is 17.6 Å². The first-order valence-corrected chi connectivity index (χ1v) is 11.1. The van der Waals surface area contributed by atoms with Gasteiger partial charge in [-0.15, -0.1) is 0 Å². The first-order valence-electron chi connectivity index (χ1n) is 9.48. The molecule has 0 heterocycles. The van der Waals surface area contributed by atoms with Gasteiger partial charge in [0.1, 0.15) is 0 Å². The molecule has 0 fully saturated rings. The molecule has 1 amide bonds. The van der Waals surface area contributed by atoms with E-state index in [2.05, 4.69) is 10.0 Å². The third-order valence-corrected chi connectivity index (χ3v) is 5.24. The second kappa shape index (κ2) is 10.9. The van der Waals surface area contributed by atoms with E-state index in [1.807, 2.05) is 13.8 Å². The number of sulfonamides is 1. The van der Waals surface area contributed by atoms with Crippen LogP contribution in [0.2, 0.25) is 0 Å². The molecule has 6 nitrogen and oxygen atoms in total. The van der Waals surface area contributed by atoms with E-state index in [4.69, 9.17) is 4.74 Å². The van der Waals surface area contributed by atoms with Gasteiger partial charge >= 0.3 is 0 Å². The van der Waals surface area contributed by atoms with Crippen molar-refractivity contribution in [1.82, 2.24) is 4.72 Å². The van der Waals surface area contributed by atoms with Gasteiger partial charge in [0.25, 0.3) is 0 Å². The lowest BCUT2D eigenvalue weighted by Crippen LogP contribution is -2.28. The second-order valence-electron chi connectivity index (χ2n) is 7.13. The molecule has 0 atom stereocenters. The summed E-state index contributed by atoms with van der Waals surface area (Å²) in [6, 6.07) is 12.8. The normalized spacial score (nSPS) is 11.4. The van der Waals surface area contributed by atoms with Crippen molar-refractivity contribution < 1.29 is 22.3 Å². The molecule has 29 heavy (non-hydrogen) atoms. The molecule has 0 bridgehead atoms. The van der Waals surface area contributed by atoms with Gasteiger partial charge in [0.05, 0.1) is 12.4 Å². The molecule has 2 N–H and O–H groups in total. The van der Waals surface area contributed by atoms with Crippen LogP contribution in [0.4, 0.5) is 10.1 Å². The van der Waals surface area contributed by atoms with Crippen LogP contribution in [0.5, 0.6) is 5.75 Å². The number of anilines is 1. The first kappa shape index (κ1) is 22.8. The number of para-hydroxylation sites is 1. The van der Waals surface area contributed by atoms with Gasteiger partial charge in [-0.2, -0.15) is 0 Å². The van der Waals surface area contributed by atoms with Crippen molar-refractivity contribution in [2.75, 3.05) is 18.5 Å². The average Bonchev–Trinajstić information content (AvgIpc) is 2.65. The molecule has 0 aromatic heterocycles. The van der Waals surface area contributed by atoms with E-state index >= 15 is 0 Å². The Morgan fingerprint density at radius 3 is 2.62 bits per heavy atom. The Balaban J connectivity index is 1.80. The van der Waals surface area contributed by atoms with Crippen LogP contribution < -0.4 is 14.8 Å². The largest absolute Gasteiger partial charge is 0.491 e. The zero-order valence-electron chi connectivity index (χ0n) is 16.7. The summed E-state index contributed by atoms with van der Waals surface area (Å²) in [5, 5.41) is 2.74. The fourth-order valence-corrected chi connectivity index (χ4v) is 3.81. The number of ether oxygens (including phenoxy) is 1. The molecule has 0 radical (unpaired) electrons. The summed E-state index contributed by atoms with van der Waals surface area (Å²) >= 11 is 0. The summed E-state index contributed by atoms with van der Waals surface area (Å²) in [5.74, 6) is -0.433. The number of benzene rings is 2. The Bertz CT molecular complexity index is 916. The number of rotatable bonds is 11. The fourth-order valence-electron chi connectivity index (χ4n) is 2.50. The predicted molar refractivity (Wildman–Crippen MR) is 112 cm³/mol. The zero-order chi connectivity index (χ0) is 21.3. The number of nitrogens with one attached hydrogen (secondary N) is 2. The van der Waals surface area contributed by atoms with Crippen molar-refractivity contribution in [3.05, 3.63) is 59.9 Å². The predicted octanol–water partition coefficient (Wildman–Crippen LogP) is 3.70. The summed E-state index contributed by atoms with van der Waals surface area (Å²) in [7, 11) is -3.43. The topological polar surface area (TPSA) is 84.5 Å². The van der Waals surface area contributed by atoms with E-state index in [0.29, 0.717) is 24.2 Å². The lowest BCUT2D eigenvalue weighted by Gasteiger charge is -2.11. The highest BCUT2D eigenvalue weighted by molar-refractivity contribution is 7.88. The molecular weight excluding hydrogens is 395 g/mol. The Kier molecular flexibility index (Phi) is 8.60. The van der Waals surface area contributed by atoms with Crippen LogP contribution in [0.25, 0.3) is 0 Å². The molecule has 0 aliphatic rings. The molecule has 2 aromatic rings. The third kappa shape index (κ3) is 8.62. The van der Waals surface area contributed by atoms with Gasteiger partial charge in [0, 0.05) is 18.7 Å². The smallest absolute Gasteiger partial charge is 0.224 e. The van der Waals surface area contributed by atoms with Crippen molar-refractivity contribution >= 4 is 21.6 Å². The number of amides is 1. The van der Waals surface area contributed by atoms with Gasteiger partial charge < -0.3 is 10.1 Å². The van der Waals surface area contributed by atoms with Crippen molar-refractivity contribution in [2.24, 2.45) is 5.92 Å². The van der Waals surface area contributed by atoms with Crippen LogP contribution in [-0.2, 0) is 20.6 Å². The lowest BCUT2D eigenvalue weighted by molar-refractivity contribution is -0.116. The van der Waals surface area contributed by atoms with Crippen LogP contribution in [0.15, 0.2) is 48.5 Å². The number of hydrogen-bond donors (Lipinski definition) is 2. The Morgan fingerprint density at radius 1 is 1.14 bits per heavy atom. The number of carbonyl (C=O) groups is 1. The highest BCUT2D eigenvalue weighted by Gasteiger charge is 2.13. The van der Waals surface area contributed by atoms with Gasteiger partial charge in [-0.1, -0.05) is 38.1 Å². The van der Waals surface area contributed by atoms with Gasteiger partial charge in [0.2, 0.25) is 15.9 Å². The summed E-state index contributed by atoms with van der Waals surface area (Å²) in [6.07, 6.45) is 0.625. The van der Waals surface area contributed by atoms with Gasteiger partial charge in [0.15, 0.2) is 11.6 Å². The van der Waals surface area contributed by atoms with E-state index in [1.165, 1.54) is 12.1 Å². The van der Waals surface area contributed by atoms with Crippen LogP contribution in [0.1, 0.15) is 32.3 Å². The minimum Gasteiger partial charge on any atom is -0.491 e. The standard InChI is InChI=1S/C21H27FN2O4S/c1-16(2)14-23-29(26,27)15-17-7-5-8-18(13-17)24-21(25)11-6-12-28-20-10-4-3-9-19(20)22/h3-5,7-10,13,16,23H,6,11-12,14-15H2,1-2H3,(H,24,25). The van der Waals surface area contributed by atoms with E-state index in [1.54, 1.807) is 36.4 Å². The number of hydrogen-bond acceptors (Lipinski definition) is 4. The number of halogens is 1. The maximum Gasteiger partial charge on any atom is 0.224 e. The van der Waals surface area contributed by atoms with Crippen molar-refractivity contribution in [2.45, 2.75) is 32.4 Å². The van der Waals surface area contributed by atoms with Crippen LogP contribution >= 0.6 is 0 Å². The molecule has 0 aliphatic carbocycles. The maximum absolute atomic E-state index is 13.5. The number of carbonyl (C=O) groups excluding carboxylic acids is 1.